The molecule has 0 aliphatic carbocycles. The van der Waals surface area contributed by atoms with Gasteiger partial charge in [-0.1, -0.05) is 6.07 Å². The molecule has 1 unspecified atom stereocenters. The summed E-state index contributed by atoms with van der Waals surface area (Å²) in [5, 5.41) is 3.18. The van der Waals surface area contributed by atoms with Crippen molar-refractivity contribution in [1.82, 2.24) is 4.98 Å². The van der Waals surface area contributed by atoms with Crippen molar-refractivity contribution < 1.29 is 14.3 Å². The van der Waals surface area contributed by atoms with Gasteiger partial charge in [0.1, 0.15) is 5.75 Å². The van der Waals surface area contributed by atoms with E-state index in [-0.39, 0.29) is 0 Å². The van der Waals surface area contributed by atoms with Crippen molar-refractivity contribution in [3.63, 3.8) is 0 Å². The van der Waals surface area contributed by atoms with Gasteiger partial charge in [0.2, 0.25) is 0 Å². The monoisotopic (exact) mass is 286 g/mol. The Hall–Kier alpha value is -2.56. The predicted octanol–water partition coefficient (Wildman–Crippen LogP) is 2.59. The fraction of sp³-hybridized carbons (Fsp3) is 0.250. The van der Waals surface area contributed by atoms with Crippen LogP contribution in [0.3, 0.4) is 0 Å². The van der Waals surface area contributed by atoms with Crippen molar-refractivity contribution in [3.05, 3.63) is 54.4 Å². The fourth-order valence-electron chi connectivity index (χ4n) is 2.05. The summed E-state index contributed by atoms with van der Waals surface area (Å²) in [5.74, 6) is 0.343. The zero-order valence-corrected chi connectivity index (χ0v) is 12.3. The SMILES string of the molecule is COC(=O)C(C)(Nc1ccc(OC)cc1)c1ccccn1. The highest BCUT2D eigenvalue weighted by Gasteiger charge is 2.37. The number of carbonyl (C=O) groups excluding carboxylic acids is 1. The van der Waals surface area contributed by atoms with Crippen LogP contribution in [0, 0.1) is 0 Å². The van der Waals surface area contributed by atoms with E-state index in [9.17, 15) is 4.79 Å². The number of pyridine rings is 1. The molecule has 0 spiro atoms. The largest absolute Gasteiger partial charge is 0.497 e. The maximum atomic E-state index is 12.2. The Kier molecular flexibility index (Phi) is 4.42. The van der Waals surface area contributed by atoms with Crippen molar-refractivity contribution in [3.8, 4) is 5.75 Å². The van der Waals surface area contributed by atoms with Gasteiger partial charge in [-0.15, -0.1) is 0 Å². The summed E-state index contributed by atoms with van der Waals surface area (Å²) in [5.41, 5.74) is 0.298. The lowest BCUT2D eigenvalue weighted by Gasteiger charge is -2.28. The minimum Gasteiger partial charge on any atom is -0.497 e. The van der Waals surface area contributed by atoms with Crippen LogP contribution in [0.5, 0.6) is 5.75 Å². The average molecular weight is 286 g/mol. The van der Waals surface area contributed by atoms with Crippen LogP contribution in [-0.2, 0) is 15.1 Å². The molecule has 5 nitrogen and oxygen atoms in total. The van der Waals surface area contributed by atoms with Gasteiger partial charge in [0.15, 0.2) is 5.54 Å². The Morgan fingerprint density at radius 3 is 2.38 bits per heavy atom. The van der Waals surface area contributed by atoms with E-state index in [2.05, 4.69) is 10.3 Å². The minimum atomic E-state index is -1.06. The summed E-state index contributed by atoms with van der Waals surface area (Å²) in [6, 6.07) is 12.7. The molecule has 0 saturated heterocycles. The molecule has 5 heteroatoms. The van der Waals surface area contributed by atoms with Crippen LogP contribution in [0.4, 0.5) is 5.69 Å². The number of methoxy groups -OCH3 is 2. The Morgan fingerprint density at radius 1 is 1.14 bits per heavy atom. The van der Waals surface area contributed by atoms with Crippen molar-refractivity contribution in [1.29, 1.82) is 0 Å². The second kappa shape index (κ2) is 6.26. The number of benzene rings is 1. The molecule has 0 fully saturated rings. The van der Waals surface area contributed by atoms with Gasteiger partial charge in [0, 0.05) is 11.9 Å². The quantitative estimate of drug-likeness (QED) is 0.856. The number of anilines is 1. The topological polar surface area (TPSA) is 60.5 Å². The van der Waals surface area contributed by atoms with E-state index in [1.807, 2.05) is 30.3 Å². The molecule has 1 atom stereocenters. The average Bonchev–Trinajstić information content (AvgIpc) is 2.55. The number of nitrogens with one attached hydrogen (secondary N) is 1. The molecule has 0 aliphatic rings. The number of nitrogens with zero attached hydrogens (tertiary/aromatic N) is 1. The first kappa shape index (κ1) is 14.8. The Balaban J connectivity index is 2.34. The third-order valence-corrected chi connectivity index (χ3v) is 3.26. The first-order chi connectivity index (χ1) is 10.1. The summed E-state index contributed by atoms with van der Waals surface area (Å²) >= 11 is 0. The number of carbonyl (C=O) groups is 1. The van der Waals surface area contributed by atoms with Crippen LogP contribution >= 0.6 is 0 Å². The van der Waals surface area contributed by atoms with Gasteiger partial charge >= 0.3 is 5.97 Å². The molecule has 1 heterocycles. The molecule has 1 N–H and O–H groups in total. The highest BCUT2D eigenvalue weighted by atomic mass is 16.5. The molecule has 2 aromatic rings. The van der Waals surface area contributed by atoms with Crippen LogP contribution in [-0.4, -0.2) is 25.2 Å². The molecule has 1 aromatic heterocycles. The lowest BCUT2D eigenvalue weighted by Crippen LogP contribution is -2.42. The van der Waals surface area contributed by atoms with E-state index in [4.69, 9.17) is 9.47 Å². The van der Waals surface area contributed by atoms with Gasteiger partial charge in [0.25, 0.3) is 0 Å². The molecule has 2 rings (SSSR count). The second-order valence-electron chi connectivity index (χ2n) is 4.69. The molecular weight excluding hydrogens is 268 g/mol. The molecule has 0 bridgehead atoms. The molecular formula is C16H18N2O3. The van der Waals surface area contributed by atoms with E-state index in [1.165, 1.54) is 7.11 Å². The number of rotatable bonds is 5. The lowest BCUT2D eigenvalue weighted by molar-refractivity contribution is -0.145. The van der Waals surface area contributed by atoms with E-state index >= 15 is 0 Å². The van der Waals surface area contributed by atoms with Crippen molar-refractivity contribution in [2.45, 2.75) is 12.5 Å². The number of hydrogen-bond acceptors (Lipinski definition) is 5. The third-order valence-electron chi connectivity index (χ3n) is 3.26. The Labute approximate surface area is 123 Å². The minimum absolute atomic E-state index is 0.406. The van der Waals surface area contributed by atoms with Gasteiger partial charge in [-0.2, -0.15) is 0 Å². The van der Waals surface area contributed by atoms with Gasteiger partial charge < -0.3 is 14.8 Å². The van der Waals surface area contributed by atoms with Crippen molar-refractivity contribution in [2.24, 2.45) is 0 Å². The first-order valence-electron chi connectivity index (χ1n) is 6.52. The van der Waals surface area contributed by atoms with Crippen LogP contribution in [0.2, 0.25) is 0 Å². The molecule has 0 radical (unpaired) electrons. The molecule has 0 saturated carbocycles. The summed E-state index contributed by atoms with van der Waals surface area (Å²) < 4.78 is 10.0. The van der Waals surface area contributed by atoms with E-state index in [0.717, 1.165) is 11.4 Å². The highest BCUT2D eigenvalue weighted by molar-refractivity contribution is 5.85. The number of esters is 1. The van der Waals surface area contributed by atoms with Crippen molar-refractivity contribution in [2.75, 3.05) is 19.5 Å². The standard InChI is InChI=1S/C16H18N2O3/c1-16(15(19)21-3,14-6-4-5-11-17-14)18-12-7-9-13(20-2)10-8-12/h4-11,18H,1-3H3. The number of ether oxygens (including phenoxy) is 2. The van der Waals surface area contributed by atoms with Crippen LogP contribution in [0.15, 0.2) is 48.7 Å². The van der Waals surface area contributed by atoms with E-state index in [0.29, 0.717) is 5.69 Å². The van der Waals surface area contributed by atoms with Crippen LogP contribution in [0.1, 0.15) is 12.6 Å². The fourth-order valence-corrected chi connectivity index (χ4v) is 2.05. The van der Waals surface area contributed by atoms with Gasteiger partial charge in [-0.05, 0) is 43.3 Å². The van der Waals surface area contributed by atoms with Gasteiger partial charge in [-0.25, -0.2) is 4.79 Å². The van der Waals surface area contributed by atoms with Gasteiger partial charge in [0.05, 0.1) is 19.9 Å². The Bertz CT molecular complexity index is 599. The summed E-state index contributed by atoms with van der Waals surface area (Å²) in [6.07, 6.45) is 1.65. The van der Waals surface area contributed by atoms with Crippen LogP contribution < -0.4 is 10.1 Å². The maximum absolute atomic E-state index is 12.2. The van der Waals surface area contributed by atoms with E-state index < -0.39 is 11.5 Å². The predicted molar refractivity (Wildman–Crippen MR) is 80.2 cm³/mol. The normalized spacial score (nSPS) is 13.1. The number of aromatic nitrogens is 1. The third kappa shape index (κ3) is 3.13. The maximum Gasteiger partial charge on any atom is 0.337 e. The summed E-state index contributed by atoms with van der Waals surface area (Å²) in [4.78, 5) is 16.5. The van der Waals surface area contributed by atoms with Gasteiger partial charge in [-0.3, -0.25) is 4.98 Å². The molecule has 1 aromatic carbocycles. The van der Waals surface area contributed by atoms with E-state index in [1.54, 1.807) is 32.4 Å². The summed E-state index contributed by atoms with van der Waals surface area (Å²) in [7, 11) is 2.97. The smallest absolute Gasteiger partial charge is 0.337 e. The molecule has 110 valence electrons. The molecule has 21 heavy (non-hydrogen) atoms. The Morgan fingerprint density at radius 2 is 1.86 bits per heavy atom. The zero-order chi connectivity index (χ0) is 15.3. The highest BCUT2D eigenvalue weighted by Crippen LogP contribution is 2.27. The lowest BCUT2D eigenvalue weighted by atomic mass is 9.96. The summed E-state index contributed by atoms with van der Waals surface area (Å²) in [6.45, 7) is 1.74. The molecule has 0 amide bonds. The van der Waals surface area contributed by atoms with Crippen LogP contribution in [0.25, 0.3) is 0 Å². The first-order valence-corrected chi connectivity index (χ1v) is 6.52. The van der Waals surface area contributed by atoms with Crippen molar-refractivity contribution >= 4 is 11.7 Å². The zero-order valence-electron chi connectivity index (χ0n) is 12.3. The molecule has 0 aliphatic heterocycles. The number of hydrogen-bond donors (Lipinski definition) is 1. The second-order valence-corrected chi connectivity index (χ2v) is 4.69.